The number of anilines is 1. The second-order valence-electron chi connectivity index (χ2n) is 5.09. The van der Waals surface area contributed by atoms with Crippen molar-refractivity contribution in [2.24, 2.45) is 5.92 Å². The molecule has 0 aliphatic rings. The summed E-state index contributed by atoms with van der Waals surface area (Å²) in [7, 11) is 0. The summed E-state index contributed by atoms with van der Waals surface area (Å²) in [5.74, 6) is 0.00155. The summed E-state index contributed by atoms with van der Waals surface area (Å²) in [6.45, 7) is 7.56. The molecule has 0 amide bonds. The van der Waals surface area contributed by atoms with E-state index in [1.807, 2.05) is 19.9 Å². The van der Waals surface area contributed by atoms with Crippen molar-refractivity contribution in [3.8, 4) is 0 Å². The van der Waals surface area contributed by atoms with Crippen molar-refractivity contribution in [1.29, 1.82) is 0 Å². The topological polar surface area (TPSA) is 77.9 Å². The van der Waals surface area contributed by atoms with Gasteiger partial charge in [-0.05, 0) is 25.3 Å². The van der Waals surface area contributed by atoms with E-state index in [1.54, 1.807) is 18.3 Å². The lowest BCUT2D eigenvalue weighted by atomic mass is 10.0. The molecule has 0 spiro atoms. The zero-order chi connectivity index (χ0) is 14.9. The molecule has 108 valence electrons. The van der Waals surface area contributed by atoms with E-state index in [0.29, 0.717) is 11.6 Å². The Morgan fingerprint density at radius 1 is 1.45 bits per heavy atom. The van der Waals surface area contributed by atoms with Crippen LogP contribution in [0.1, 0.15) is 31.5 Å². The van der Waals surface area contributed by atoms with Crippen molar-refractivity contribution in [2.45, 2.75) is 40.2 Å². The number of carbonyl (C=O) groups is 1. The van der Waals surface area contributed by atoms with Gasteiger partial charge in [-0.1, -0.05) is 20.8 Å². The third kappa shape index (κ3) is 2.90. The van der Waals surface area contributed by atoms with Gasteiger partial charge < -0.3 is 15.2 Å². The molecule has 2 heterocycles. The molecule has 6 heteroatoms. The molecule has 0 saturated carbocycles. The third-order valence-corrected chi connectivity index (χ3v) is 4.29. The highest BCUT2D eigenvalue weighted by Crippen LogP contribution is 2.30. The smallest absolute Gasteiger partial charge is 0.139 e. The van der Waals surface area contributed by atoms with Crippen LogP contribution in [0.25, 0.3) is 10.2 Å². The number of carboxylic acids is 1. The van der Waals surface area contributed by atoms with Crippen molar-refractivity contribution in [1.82, 2.24) is 9.97 Å². The number of nitrogens with one attached hydrogen (secondary N) is 1. The highest BCUT2D eigenvalue weighted by atomic mass is 32.1. The fourth-order valence-corrected chi connectivity index (χ4v) is 3.02. The molecular formula is C14H18N3O2S-. The number of nitrogens with zero attached hydrogens (tertiary/aromatic N) is 2. The molecule has 20 heavy (non-hydrogen) atoms. The van der Waals surface area contributed by atoms with Crippen LogP contribution in [0.3, 0.4) is 0 Å². The first kappa shape index (κ1) is 14.7. The Balaban J connectivity index is 2.47. The Morgan fingerprint density at radius 2 is 2.15 bits per heavy atom. The van der Waals surface area contributed by atoms with Crippen LogP contribution in [-0.4, -0.2) is 22.0 Å². The molecule has 2 aromatic rings. The van der Waals surface area contributed by atoms with E-state index in [4.69, 9.17) is 0 Å². The van der Waals surface area contributed by atoms with Crippen LogP contribution in [0.5, 0.6) is 0 Å². The maximum Gasteiger partial charge on any atom is 0.139 e. The van der Waals surface area contributed by atoms with Gasteiger partial charge in [0.2, 0.25) is 0 Å². The van der Waals surface area contributed by atoms with E-state index in [9.17, 15) is 9.90 Å². The summed E-state index contributed by atoms with van der Waals surface area (Å²) in [5, 5.41) is 15.1. The molecule has 1 atom stereocenters. The summed E-state index contributed by atoms with van der Waals surface area (Å²) < 4.78 is 0. The molecule has 0 unspecified atom stereocenters. The van der Waals surface area contributed by atoms with Crippen LogP contribution in [0, 0.1) is 12.8 Å². The van der Waals surface area contributed by atoms with Gasteiger partial charge in [0.05, 0.1) is 17.4 Å². The number of aromatic nitrogens is 2. The monoisotopic (exact) mass is 292 g/mol. The van der Waals surface area contributed by atoms with E-state index >= 15 is 0 Å². The lowest BCUT2D eigenvalue weighted by Gasteiger charge is -2.24. The summed E-state index contributed by atoms with van der Waals surface area (Å²) in [6, 6.07) is 1.26. The maximum atomic E-state index is 11.2. The van der Waals surface area contributed by atoms with E-state index < -0.39 is 12.0 Å². The normalized spacial score (nSPS) is 12.8. The first-order valence-electron chi connectivity index (χ1n) is 6.66. The Bertz CT molecular complexity index is 637. The zero-order valence-electron chi connectivity index (χ0n) is 12.1. The Labute approximate surface area is 122 Å². The van der Waals surface area contributed by atoms with E-state index in [0.717, 1.165) is 16.6 Å². The Kier molecular flexibility index (Phi) is 4.23. The van der Waals surface area contributed by atoms with Gasteiger partial charge in [-0.2, -0.15) is 0 Å². The molecule has 2 aromatic heterocycles. The first-order valence-corrected chi connectivity index (χ1v) is 7.48. The minimum atomic E-state index is -1.12. The number of hydrogen-bond donors (Lipinski definition) is 1. The number of rotatable bonds is 5. The highest BCUT2D eigenvalue weighted by Gasteiger charge is 2.18. The number of hydrogen-bond acceptors (Lipinski definition) is 6. The quantitative estimate of drug-likeness (QED) is 0.908. The van der Waals surface area contributed by atoms with Crippen molar-refractivity contribution in [2.75, 3.05) is 5.32 Å². The number of fused-ring (bicyclic) bond motifs is 1. The van der Waals surface area contributed by atoms with Crippen LogP contribution in [0.15, 0.2) is 6.07 Å². The molecule has 1 N–H and O–H groups in total. The molecule has 0 bridgehead atoms. The van der Waals surface area contributed by atoms with Gasteiger partial charge in [-0.3, -0.25) is 0 Å². The molecular weight excluding hydrogens is 274 g/mol. The number of aryl methyl sites for hydroxylation is 2. The van der Waals surface area contributed by atoms with Crippen molar-refractivity contribution < 1.29 is 9.90 Å². The van der Waals surface area contributed by atoms with Crippen molar-refractivity contribution in [3.63, 3.8) is 0 Å². The summed E-state index contributed by atoms with van der Waals surface area (Å²) in [6.07, 6.45) is 0.924. The second-order valence-corrected chi connectivity index (χ2v) is 6.20. The predicted molar refractivity (Wildman–Crippen MR) is 78.8 cm³/mol. The molecule has 2 rings (SSSR count). The Hall–Kier alpha value is -1.69. The summed E-state index contributed by atoms with van der Waals surface area (Å²) in [4.78, 5) is 22.1. The molecule has 0 aliphatic carbocycles. The van der Waals surface area contributed by atoms with Gasteiger partial charge in [0.15, 0.2) is 0 Å². The lowest BCUT2D eigenvalue weighted by molar-refractivity contribution is -0.307. The molecule has 0 aromatic carbocycles. The van der Waals surface area contributed by atoms with E-state index in [-0.39, 0.29) is 5.92 Å². The summed E-state index contributed by atoms with van der Waals surface area (Å²) >= 11 is 1.62. The van der Waals surface area contributed by atoms with Gasteiger partial charge in [0.1, 0.15) is 16.5 Å². The SMILES string of the molecule is CCc1cc2c(N[C@@H](C(=O)[O-])C(C)C)nc(C)nc2s1. The standard InChI is InChI=1S/C14H19N3O2S/c1-5-9-6-10-12(15-8(4)16-13(10)20-9)17-11(7(2)3)14(18)19/h6-7,11H,5H2,1-4H3,(H,18,19)(H,15,16,17)/p-1/t11-/m1/s1. The maximum absolute atomic E-state index is 11.2. The number of carboxylic acid groups (broad SMARTS) is 1. The average molecular weight is 292 g/mol. The molecule has 5 nitrogen and oxygen atoms in total. The fourth-order valence-electron chi connectivity index (χ4n) is 2.01. The largest absolute Gasteiger partial charge is 0.548 e. The predicted octanol–water partition coefficient (Wildman–Crippen LogP) is 1.75. The number of carbonyl (C=O) groups excluding carboxylic acids is 1. The summed E-state index contributed by atoms with van der Waals surface area (Å²) in [5.41, 5.74) is 0. The van der Waals surface area contributed by atoms with Crippen LogP contribution >= 0.6 is 11.3 Å². The van der Waals surface area contributed by atoms with Gasteiger partial charge in [-0.15, -0.1) is 11.3 Å². The van der Waals surface area contributed by atoms with Crippen molar-refractivity contribution >= 4 is 33.3 Å². The first-order chi connectivity index (χ1) is 9.42. The zero-order valence-corrected chi connectivity index (χ0v) is 12.9. The third-order valence-electron chi connectivity index (χ3n) is 3.12. The van der Waals surface area contributed by atoms with Gasteiger partial charge >= 0.3 is 0 Å². The number of thiophene rings is 1. The van der Waals surface area contributed by atoms with Crippen LogP contribution < -0.4 is 10.4 Å². The van der Waals surface area contributed by atoms with E-state index in [2.05, 4.69) is 22.2 Å². The Morgan fingerprint density at radius 3 is 2.70 bits per heavy atom. The van der Waals surface area contributed by atoms with E-state index in [1.165, 1.54) is 4.88 Å². The van der Waals surface area contributed by atoms with Crippen LogP contribution in [0.2, 0.25) is 0 Å². The minimum absolute atomic E-state index is 0.0883. The molecule has 0 aliphatic heterocycles. The van der Waals surface area contributed by atoms with Gasteiger partial charge in [-0.25, -0.2) is 9.97 Å². The molecule has 0 saturated heterocycles. The molecule has 0 radical (unpaired) electrons. The number of aliphatic carboxylic acids is 1. The lowest BCUT2D eigenvalue weighted by Crippen LogP contribution is -2.44. The van der Waals surface area contributed by atoms with Crippen molar-refractivity contribution in [3.05, 3.63) is 16.8 Å². The van der Waals surface area contributed by atoms with Gasteiger partial charge in [0.25, 0.3) is 0 Å². The average Bonchev–Trinajstić information content (AvgIpc) is 2.77. The minimum Gasteiger partial charge on any atom is -0.548 e. The fraction of sp³-hybridized carbons (Fsp3) is 0.500. The second kappa shape index (κ2) is 5.75. The highest BCUT2D eigenvalue weighted by molar-refractivity contribution is 7.18. The van der Waals surface area contributed by atoms with Crippen LogP contribution in [0.4, 0.5) is 5.82 Å². The van der Waals surface area contributed by atoms with Gasteiger partial charge in [0, 0.05) is 4.88 Å². The van der Waals surface area contributed by atoms with Crippen LogP contribution in [-0.2, 0) is 11.2 Å². The molecule has 0 fully saturated rings.